The molecule has 1 heterocycles. The highest BCUT2D eigenvalue weighted by Gasteiger charge is 2.20. The molecule has 1 fully saturated rings. The van der Waals surface area contributed by atoms with E-state index in [1.807, 2.05) is 0 Å². The molecule has 84 valence electrons. The number of nitrogens with one attached hydrogen (secondary N) is 1. The minimum atomic E-state index is -3.32. The van der Waals surface area contributed by atoms with Gasteiger partial charge in [0.2, 0.25) is 0 Å². The summed E-state index contributed by atoms with van der Waals surface area (Å²) >= 11 is 0. The average Bonchev–Trinajstić information content (AvgIpc) is 2.17. The number of hydrogen-bond acceptors (Lipinski definition) is 4. The minimum absolute atomic E-state index is 0.237. The van der Waals surface area contributed by atoms with E-state index in [2.05, 4.69) is 10.2 Å². The van der Waals surface area contributed by atoms with Gasteiger partial charge in [-0.3, -0.25) is 4.57 Å². The Morgan fingerprint density at radius 2 is 2.14 bits per heavy atom. The van der Waals surface area contributed by atoms with Gasteiger partial charge in [-0.15, -0.1) is 0 Å². The molecule has 5 nitrogen and oxygen atoms in total. The number of nitrogens with zero attached hydrogens (tertiary/aromatic N) is 1. The van der Waals surface area contributed by atoms with E-state index in [-0.39, 0.29) is 6.16 Å². The Hall–Kier alpha value is 0.0700. The van der Waals surface area contributed by atoms with Crippen molar-refractivity contribution < 1.29 is 14.0 Å². The third-order valence-electron chi connectivity index (χ3n) is 2.24. The van der Waals surface area contributed by atoms with Crippen molar-refractivity contribution in [2.75, 3.05) is 45.5 Å². The molecule has 6 heteroatoms. The lowest BCUT2D eigenvalue weighted by atomic mass is 10.4. The molecule has 0 bridgehead atoms. The van der Waals surface area contributed by atoms with E-state index in [1.165, 1.54) is 0 Å². The van der Waals surface area contributed by atoms with Gasteiger partial charge in [-0.05, 0) is 6.92 Å². The molecule has 0 aromatic rings. The highest BCUT2D eigenvalue weighted by molar-refractivity contribution is 7.52. The van der Waals surface area contributed by atoms with Gasteiger partial charge in [0, 0.05) is 32.7 Å². The quantitative estimate of drug-likeness (QED) is 0.647. The number of rotatable bonds is 5. The summed E-state index contributed by atoms with van der Waals surface area (Å²) in [4.78, 5) is 11.5. The van der Waals surface area contributed by atoms with Crippen molar-refractivity contribution in [2.24, 2.45) is 0 Å². The lowest BCUT2D eigenvalue weighted by molar-refractivity contribution is 0.236. The first-order valence-electron chi connectivity index (χ1n) is 5.03. The molecule has 1 aliphatic heterocycles. The maximum absolute atomic E-state index is 11.3. The summed E-state index contributed by atoms with van der Waals surface area (Å²) in [6, 6.07) is 0. The van der Waals surface area contributed by atoms with Gasteiger partial charge in [0.15, 0.2) is 0 Å². The predicted octanol–water partition coefficient (Wildman–Crippen LogP) is 0.113. The van der Waals surface area contributed by atoms with Crippen molar-refractivity contribution in [1.29, 1.82) is 0 Å². The van der Waals surface area contributed by atoms with Crippen molar-refractivity contribution in [3.8, 4) is 0 Å². The summed E-state index contributed by atoms with van der Waals surface area (Å²) < 4.78 is 16.1. The van der Waals surface area contributed by atoms with Gasteiger partial charge in [-0.1, -0.05) is 0 Å². The molecule has 1 unspecified atom stereocenters. The molecular weight excluding hydrogens is 203 g/mol. The first-order chi connectivity index (χ1) is 6.64. The molecule has 0 aromatic heterocycles. The highest BCUT2D eigenvalue weighted by Crippen LogP contribution is 2.41. The molecule has 14 heavy (non-hydrogen) atoms. The Balaban J connectivity index is 2.21. The van der Waals surface area contributed by atoms with Crippen LogP contribution in [-0.4, -0.2) is 55.3 Å². The molecule has 0 saturated carbocycles. The normalized spacial score (nSPS) is 23.3. The lowest BCUT2D eigenvalue weighted by Gasteiger charge is -2.27. The standard InChI is InChI=1S/C8H19N2O3P/c1-2-13-14(11,12)8-7-10-5-3-9-4-6-10/h9H,2-8H2,1H3,(H,11,12). The van der Waals surface area contributed by atoms with Gasteiger partial charge in [-0.25, -0.2) is 0 Å². The second kappa shape index (κ2) is 5.83. The van der Waals surface area contributed by atoms with Crippen molar-refractivity contribution in [2.45, 2.75) is 6.92 Å². The van der Waals surface area contributed by atoms with Gasteiger partial charge in [0.25, 0.3) is 0 Å². The Labute approximate surface area is 85.0 Å². The van der Waals surface area contributed by atoms with Crippen molar-refractivity contribution in [3.63, 3.8) is 0 Å². The fourth-order valence-corrected chi connectivity index (χ4v) is 2.54. The van der Waals surface area contributed by atoms with Gasteiger partial charge < -0.3 is 19.6 Å². The fourth-order valence-electron chi connectivity index (χ4n) is 1.47. The fraction of sp³-hybridized carbons (Fsp3) is 1.00. The van der Waals surface area contributed by atoms with E-state index in [0.717, 1.165) is 26.2 Å². The van der Waals surface area contributed by atoms with Crippen LogP contribution in [0.5, 0.6) is 0 Å². The van der Waals surface area contributed by atoms with Crippen LogP contribution in [0.2, 0.25) is 0 Å². The highest BCUT2D eigenvalue weighted by atomic mass is 31.2. The number of hydrogen-bond donors (Lipinski definition) is 2. The molecule has 2 N–H and O–H groups in total. The van der Waals surface area contributed by atoms with E-state index in [0.29, 0.717) is 13.2 Å². The summed E-state index contributed by atoms with van der Waals surface area (Å²) in [5.74, 6) is 0. The van der Waals surface area contributed by atoms with E-state index in [9.17, 15) is 9.46 Å². The Bertz CT molecular complexity index is 207. The molecule has 1 rings (SSSR count). The monoisotopic (exact) mass is 222 g/mol. The molecule has 0 aromatic carbocycles. The largest absolute Gasteiger partial charge is 0.329 e. The molecule has 1 atom stereocenters. The van der Waals surface area contributed by atoms with E-state index in [4.69, 9.17) is 4.52 Å². The first kappa shape index (κ1) is 12.1. The Morgan fingerprint density at radius 1 is 1.50 bits per heavy atom. The summed E-state index contributed by atoms with van der Waals surface area (Å²) in [6.07, 6.45) is 0.237. The molecule has 0 aliphatic carbocycles. The van der Waals surface area contributed by atoms with Crippen molar-refractivity contribution in [1.82, 2.24) is 10.2 Å². The van der Waals surface area contributed by atoms with Crippen molar-refractivity contribution >= 4 is 7.60 Å². The molecule has 1 saturated heterocycles. The third-order valence-corrected chi connectivity index (χ3v) is 3.67. The average molecular weight is 222 g/mol. The predicted molar refractivity (Wildman–Crippen MR) is 55.6 cm³/mol. The van der Waals surface area contributed by atoms with Crippen LogP contribution >= 0.6 is 7.60 Å². The Kier molecular flexibility index (Phi) is 5.06. The van der Waals surface area contributed by atoms with Crippen LogP contribution in [0.25, 0.3) is 0 Å². The molecule has 0 spiro atoms. The summed E-state index contributed by atoms with van der Waals surface area (Å²) in [5.41, 5.74) is 0. The molecule has 1 aliphatic rings. The summed E-state index contributed by atoms with van der Waals surface area (Å²) in [5, 5.41) is 3.23. The van der Waals surface area contributed by atoms with Gasteiger partial charge in [0.1, 0.15) is 0 Å². The van der Waals surface area contributed by atoms with E-state index < -0.39 is 7.60 Å². The number of piperazine rings is 1. The molecule has 0 radical (unpaired) electrons. The van der Waals surface area contributed by atoms with Crippen LogP contribution < -0.4 is 5.32 Å². The van der Waals surface area contributed by atoms with E-state index >= 15 is 0 Å². The van der Waals surface area contributed by atoms with Gasteiger partial charge in [-0.2, -0.15) is 0 Å². The smallest absolute Gasteiger partial charge is 0.324 e. The maximum Gasteiger partial charge on any atom is 0.329 e. The summed E-state index contributed by atoms with van der Waals surface area (Å²) in [7, 11) is -3.32. The van der Waals surface area contributed by atoms with Crippen LogP contribution in [0.1, 0.15) is 6.92 Å². The maximum atomic E-state index is 11.3. The van der Waals surface area contributed by atoms with Crippen LogP contribution in [0, 0.1) is 0 Å². The molecular formula is C8H19N2O3P. The SMILES string of the molecule is CCOP(=O)(O)CCN1CCNCC1. The van der Waals surface area contributed by atoms with Gasteiger partial charge >= 0.3 is 7.60 Å². The van der Waals surface area contributed by atoms with Crippen molar-refractivity contribution in [3.05, 3.63) is 0 Å². The van der Waals surface area contributed by atoms with Gasteiger partial charge in [0.05, 0.1) is 12.8 Å². The second-order valence-electron chi connectivity index (χ2n) is 3.37. The zero-order valence-corrected chi connectivity index (χ0v) is 9.50. The van der Waals surface area contributed by atoms with Crippen LogP contribution in [0.15, 0.2) is 0 Å². The zero-order valence-electron chi connectivity index (χ0n) is 8.61. The summed E-state index contributed by atoms with van der Waals surface area (Å²) in [6.45, 7) is 6.51. The second-order valence-corrected chi connectivity index (χ2v) is 5.35. The Morgan fingerprint density at radius 3 is 2.71 bits per heavy atom. The zero-order chi connectivity index (χ0) is 10.4. The topological polar surface area (TPSA) is 61.8 Å². The third kappa shape index (κ3) is 4.53. The van der Waals surface area contributed by atoms with Crippen LogP contribution in [-0.2, 0) is 9.09 Å². The minimum Gasteiger partial charge on any atom is -0.324 e. The van der Waals surface area contributed by atoms with Crippen LogP contribution in [0.4, 0.5) is 0 Å². The van der Waals surface area contributed by atoms with E-state index in [1.54, 1.807) is 6.92 Å². The lowest BCUT2D eigenvalue weighted by Crippen LogP contribution is -2.44. The molecule has 0 amide bonds. The van der Waals surface area contributed by atoms with Crippen LogP contribution in [0.3, 0.4) is 0 Å². The first-order valence-corrected chi connectivity index (χ1v) is 6.80.